The van der Waals surface area contributed by atoms with Crippen molar-refractivity contribution in [2.75, 3.05) is 26.2 Å². The van der Waals surface area contributed by atoms with Gasteiger partial charge in [-0.3, -0.25) is 57.5 Å². The van der Waals surface area contributed by atoms with Crippen molar-refractivity contribution in [2.45, 2.75) is 219 Å². The zero-order chi connectivity index (χ0) is 60.0. The summed E-state index contributed by atoms with van der Waals surface area (Å²) >= 11 is 0. The number of rotatable bonds is 20. The minimum Gasteiger partial charge on any atom is -0.370 e. The Morgan fingerprint density at radius 1 is 0.400 bits per heavy atom. The minimum atomic E-state index is -1.62. The van der Waals surface area contributed by atoms with E-state index in [1.54, 1.807) is 27.7 Å². The second kappa shape index (κ2) is 33.3. The van der Waals surface area contributed by atoms with Gasteiger partial charge in [-0.15, -0.1) is 0 Å². The molecule has 3 fully saturated rings. The Balaban J connectivity index is 2.23. The Morgan fingerprint density at radius 2 is 0.662 bits per heavy atom. The Kier molecular flexibility index (Phi) is 28.3. The molecule has 452 valence electrons. The predicted octanol–water partition coefficient (Wildman–Crippen LogP) is -1.95. The Morgan fingerprint density at radius 3 is 0.963 bits per heavy atom. The lowest BCUT2D eigenvalue weighted by atomic mass is 9.99. The van der Waals surface area contributed by atoms with E-state index >= 15 is 0 Å². The zero-order valence-corrected chi connectivity index (χ0v) is 48.3. The van der Waals surface area contributed by atoms with Crippen LogP contribution in [0.5, 0.6) is 0 Å². The van der Waals surface area contributed by atoms with Crippen molar-refractivity contribution in [3.8, 4) is 0 Å². The molecule has 26 nitrogen and oxygen atoms in total. The number of nitrogens with two attached hydrogens (primary N) is 4. The zero-order valence-electron chi connectivity index (χ0n) is 48.3. The lowest BCUT2D eigenvalue weighted by Gasteiger charge is -2.32. The highest BCUT2D eigenvalue weighted by Crippen LogP contribution is 2.24. The van der Waals surface area contributed by atoms with Crippen LogP contribution in [0.1, 0.15) is 158 Å². The molecule has 0 aromatic carbocycles. The van der Waals surface area contributed by atoms with Gasteiger partial charge >= 0.3 is 0 Å². The van der Waals surface area contributed by atoms with E-state index in [-0.39, 0.29) is 101 Å². The third-order valence-electron chi connectivity index (χ3n) is 14.2. The van der Waals surface area contributed by atoms with Gasteiger partial charge in [0.15, 0.2) is 0 Å². The molecule has 3 heterocycles. The molecule has 3 aliphatic rings. The molecule has 12 amide bonds. The molecule has 0 aliphatic carbocycles. The number of fused-ring (bicyclic) bond motifs is 2. The molecule has 26 heteroatoms. The van der Waals surface area contributed by atoms with Crippen molar-refractivity contribution in [2.24, 2.45) is 46.6 Å². The molecule has 16 N–H and O–H groups in total. The first-order chi connectivity index (χ1) is 37.7. The molecule has 3 saturated heterocycles. The van der Waals surface area contributed by atoms with Crippen LogP contribution >= 0.6 is 0 Å². The van der Waals surface area contributed by atoms with Gasteiger partial charge < -0.3 is 75.3 Å². The van der Waals surface area contributed by atoms with Gasteiger partial charge in [-0.25, -0.2) is 0 Å². The second-order valence-corrected chi connectivity index (χ2v) is 23.3. The lowest BCUT2D eigenvalue weighted by Crippen LogP contribution is -2.61. The first-order valence-electron chi connectivity index (χ1n) is 28.7. The normalized spacial score (nSPS) is 26.9. The summed E-state index contributed by atoms with van der Waals surface area (Å²) in [6.07, 6.45) is 1.66. The minimum absolute atomic E-state index is 0.0325. The molecular weight excluding hydrogens is 1040 g/mol. The Hall–Kier alpha value is -6.44. The van der Waals surface area contributed by atoms with Crippen molar-refractivity contribution in [3.63, 3.8) is 0 Å². The summed E-state index contributed by atoms with van der Waals surface area (Å²) in [6, 6.07) is -13.2. The summed E-state index contributed by atoms with van der Waals surface area (Å²) in [5.41, 5.74) is 22.8. The van der Waals surface area contributed by atoms with E-state index in [0.717, 1.165) is 0 Å². The van der Waals surface area contributed by atoms with E-state index in [9.17, 15) is 57.5 Å². The summed E-state index contributed by atoms with van der Waals surface area (Å²) in [4.78, 5) is 171. The number of nitrogens with one attached hydrogen (secondary N) is 8. The fourth-order valence-electron chi connectivity index (χ4n) is 10.3. The average molecular weight is 1130 g/mol. The molecule has 0 unspecified atom stereocenters. The first kappa shape index (κ1) is 67.8. The van der Waals surface area contributed by atoms with E-state index in [0.29, 0.717) is 38.5 Å². The molecule has 3 rings (SSSR count). The topological polar surface area (TPSA) is 412 Å². The van der Waals surface area contributed by atoms with Crippen molar-refractivity contribution >= 4 is 70.9 Å². The number of carbonyl (C=O) groups excluding carboxylic acids is 12. The van der Waals surface area contributed by atoms with Gasteiger partial charge in [0.1, 0.15) is 60.4 Å². The molecule has 0 bridgehead atoms. The maximum atomic E-state index is 14.6. The molecule has 80 heavy (non-hydrogen) atoms. The average Bonchev–Trinajstić information content (AvgIpc) is 4.07. The van der Waals surface area contributed by atoms with Crippen LogP contribution in [0.3, 0.4) is 0 Å². The maximum absolute atomic E-state index is 14.6. The van der Waals surface area contributed by atoms with Gasteiger partial charge in [0, 0.05) is 13.1 Å². The molecule has 10 atom stereocenters. The molecular formula is C54H94N14O12. The highest BCUT2D eigenvalue weighted by atomic mass is 16.2. The molecule has 0 radical (unpaired) electrons. The number of hydrogen-bond acceptors (Lipinski definition) is 14. The standard InChI is InChI=1S/C54H94N14O12/c1-29(2)23-35-47(73)59-33(15-9-11-19-55)45(71)65-39(25-31(5)6)53(79)68-22-14-18-42(68)52(78)64-38(28-44(58)70)50(76)62-36(24-30(3)4)48(74)60-34(16-10-12-20-56)46(72)66-40(26-32(7)8)54(80)67-21-13-17-41(67)51(77)63-37(27-43(57)69)49(75)61-35/h29-42H,9-28,55-56H2,1-8H3,(H2,57,69)(H2,58,70)(H,59,73)(H,60,74)(H,61,75)(H,62,76)(H,63,77)(H,64,78)(H,65,71)(H,66,72)/t33-,34-,35-,36-,37+,38+,39-,40-,41+,42+/m1/s1. The van der Waals surface area contributed by atoms with Gasteiger partial charge in [-0.05, 0) is 127 Å². The summed E-state index contributed by atoms with van der Waals surface area (Å²) in [5, 5.41) is 21.5. The quantitative estimate of drug-likeness (QED) is 0.0591. The van der Waals surface area contributed by atoms with Crippen LogP contribution in [0.2, 0.25) is 0 Å². The van der Waals surface area contributed by atoms with Crippen LogP contribution in [0.4, 0.5) is 0 Å². The Bertz CT molecular complexity index is 2030. The Labute approximate surface area is 470 Å². The van der Waals surface area contributed by atoms with E-state index in [4.69, 9.17) is 22.9 Å². The van der Waals surface area contributed by atoms with Crippen LogP contribution in [-0.4, -0.2) is 167 Å². The molecule has 3 aliphatic heterocycles. The second-order valence-electron chi connectivity index (χ2n) is 23.3. The van der Waals surface area contributed by atoms with Gasteiger partial charge in [0.25, 0.3) is 0 Å². The number of unbranched alkanes of at least 4 members (excludes halogenated alkanes) is 2. The number of primary amides is 2. The molecule has 0 aromatic heterocycles. The fraction of sp³-hybridized carbons (Fsp3) is 0.778. The molecule has 0 saturated carbocycles. The molecule has 0 aromatic rings. The van der Waals surface area contributed by atoms with Crippen molar-refractivity contribution < 1.29 is 57.5 Å². The summed E-state index contributed by atoms with van der Waals surface area (Å²) in [6.45, 7) is 15.2. The van der Waals surface area contributed by atoms with E-state index in [1.807, 2.05) is 27.7 Å². The highest BCUT2D eigenvalue weighted by molar-refractivity contribution is 6.01. The van der Waals surface area contributed by atoms with E-state index in [1.165, 1.54) is 9.80 Å². The van der Waals surface area contributed by atoms with Crippen LogP contribution in [0.25, 0.3) is 0 Å². The number of nitrogens with zero attached hydrogens (tertiary/aromatic N) is 2. The third-order valence-corrected chi connectivity index (χ3v) is 14.2. The predicted molar refractivity (Wildman–Crippen MR) is 296 cm³/mol. The van der Waals surface area contributed by atoms with Crippen LogP contribution < -0.4 is 65.5 Å². The number of amides is 12. The highest BCUT2D eigenvalue weighted by Gasteiger charge is 2.43. The SMILES string of the molecule is CC(C)C[C@H]1NC(=O)[C@H](CC(N)=O)NC(=O)[C@@H]2CCCN2C(=O)[C@@H](CC(C)C)NC(=O)[C@@H](CCCCN)NC(=O)[C@@H](CC(C)C)NC(=O)[C@H](CC(N)=O)NC(=O)[C@@H]2CCCN2C(=O)[C@@H](CC(C)C)NC(=O)[C@@H](CCCCN)NC1=O. The van der Waals surface area contributed by atoms with Gasteiger partial charge in [-0.2, -0.15) is 0 Å². The van der Waals surface area contributed by atoms with E-state index in [2.05, 4.69) is 42.5 Å². The fourth-order valence-corrected chi connectivity index (χ4v) is 10.3. The van der Waals surface area contributed by atoms with Crippen LogP contribution in [-0.2, 0) is 57.5 Å². The lowest BCUT2D eigenvalue weighted by molar-refractivity contribution is -0.143. The van der Waals surface area contributed by atoms with Gasteiger partial charge in [0.2, 0.25) is 70.9 Å². The van der Waals surface area contributed by atoms with Gasteiger partial charge in [0.05, 0.1) is 12.8 Å². The number of hydrogen-bond donors (Lipinski definition) is 12. The largest absolute Gasteiger partial charge is 0.370 e. The van der Waals surface area contributed by atoms with Crippen LogP contribution in [0.15, 0.2) is 0 Å². The van der Waals surface area contributed by atoms with Gasteiger partial charge in [-0.1, -0.05) is 55.4 Å². The molecule has 0 spiro atoms. The first-order valence-corrected chi connectivity index (χ1v) is 28.7. The van der Waals surface area contributed by atoms with Crippen LogP contribution in [0, 0.1) is 23.7 Å². The number of carbonyl (C=O) groups is 12. The maximum Gasteiger partial charge on any atom is 0.245 e. The third kappa shape index (κ3) is 21.9. The monoisotopic (exact) mass is 1130 g/mol. The van der Waals surface area contributed by atoms with Crippen molar-refractivity contribution in [1.29, 1.82) is 0 Å². The smallest absolute Gasteiger partial charge is 0.245 e. The summed E-state index contributed by atoms with van der Waals surface area (Å²) in [5.74, 6) is -10.6. The summed E-state index contributed by atoms with van der Waals surface area (Å²) < 4.78 is 0. The van der Waals surface area contributed by atoms with Crippen molar-refractivity contribution in [3.05, 3.63) is 0 Å². The van der Waals surface area contributed by atoms with Crippen molar-refractivity contribution in [1.82, 2.24) is 52.3 Å². The van der Waals surface area contributed by atoms with E-state index < -0.39 is 144 Å². The summed E-state index contributed by atoms with van der Waals surface area (Å²) in [7, 11) is 0.